The Morgan fingerprint density at radius 3 is 1.63 bits per heavy atom. The predicted octanol–water partition coefficient (Wildman–Crippen LogP) is 11.0. The van der Waals surface area contributed by atoms with Gasteiger partial charge >= 0.3 is 48.9 Å². The molecule has 0 atom stereocenters. The van der Waals surface area contributed by atoms with Gasteiger partial charge in [0.05, 0.1) is 42.5 Å². The maximum absolute atomic E-state index is 13.3. The summed E-state index contributed by atoms with van der Waals surface area (Å²) in [7, 11) is -6.13. The molecular weight excluding hydrogens is 1150 g/mol. The molecular formula is C50H38BaCl2N6O12S2. The van der Waals surface area contributed by atoms with Gasteiger partial charge in [-0.3, -0.25) is 18.9 Å². The number of phenolic OH excluding ortho intramolecular Hbond substituents is 1. The van der Waals surface area contributed by atoms with Crippen LogP contribution in [0.3, 0.4) is 0 Å². The topological polar surface area (TPSA) is 284 Å². The third kappa shape index (κ3) is 13.2. The van der Waals surface area contributed by atoms with Crippen LogP contribution in [0.5, 0.6) is 23.0 Å². The van der Waals surface area contributed by atoms with Gasteiger partial charge in [0.15, 0.2) is 5.75 Å². The molecule has 1 amide bonds. The third-order valence-electron chi connectivity index (χ3n) is 10.7. The van der Waals surface area contributed by atoms with E-state index in [-0.39, 0.29) is 104 Å². The fourth-order valence-electron chi connectivity index (χ4n) is 7.15. The largest absolute Gasteiger partial charge is 2.00 e. The number of aromatic hydroxyl groups is 1. The summed E-state index contributed by atoms with van der Waals surface area (Å²) >= 11 is 12.0. The van der Waals surface area contributed by atoms with Crippen LogP contribution in [0.15, 0.2) is 169 Å². The Hall–Kier alpha value is -6.41. The number of hydrogen-bond donors (Lipinski definition) is 4. The first kappa shape index (κ1) is 55.9. The molecule has 0 spiro atoms. The Balaban J connectivity index is 0.000000235. The minimum absolute atomic E-state index is 0. The number of hydrogen-bond acceptors (Lipinski definition) is 15. The number of rotatable bonds is 12. The van der Waals surface area contributed by atoms with Gasteiger partial charge in [0, 0.05) is 38.6 Å². The summed E-state index contributed by atoms with van der Waals surface area (Å²) in [5.74, 6) is -1.44. The molecule has 8 aromatic carbocycles. The molecule has 0 fully saturated rings. The summed E-state index contributed by atoms with van der Waals surface area (Å²) in [6.07, 6.45) is 0. The van der Waals surface area contributed by atoms with Gasteiger partial charge in [-0.25, -0.2) is 0 Å². The summed E-state index contributed by atoms with van der Waals surface area (Å²) in [6, 6.07) is 34.8. The van der Waals surface area contributed by atoms with Crippen molar-refractivity contribution < 1.29 is 55.5 Å². The molecule has 0 aromatic heterocycles. The molecule has 8 rings (SSSR count). The summed E-state index contributed by atoms with van der Waals surface area (Å²) in [5, 5.41) is 58.5. The second kappa shape index (κ2) is 23.6. The first-order valence-electron chi connectivity index (χ1n) is 20.9. The standard InChI is InChI=1S/2C25H20ClN3O6S.Ba/c2*1-14-21(11-16(26)12-22(14)36(32,33)34)28-29-23-19-9-4-3-6-15(19)10-20(24(23)30)25(31)27-17-7-5-8-18(13-17)35-2;/h2*3-13,30H,1-2H3,(H,27,31)(H,32,33,34);/q;;+2/p-2. The van der Waals surface area contributed by atoms with Crippen LogP contribution in [0.2, 0.25) is 10.0 Å². The van der Waals surface area contributed by atoms with Crippen molar-refractivity contribution in [1.82, 2.24) is 0 Å². The number of nitrogens with one attached hydrogen (secondary N) is 1. The zero-order chi connectivity index (χ0) is 52.1. The molecule has 4 N–H and O–H groups in total. The molecule has 0 aliphatic rings. The van der Waals surface area contributed by atoms with Crippen molar-refractivity contribution >= 4 is 160 Å². The van der Waals surface area contributed by atoms with Crippen molar-refractivity contribution in [2.24, 2.45) is 25.4 Å². The van der Waals surface area contributed by atoms with Crippen LogP contribution in [-0.2, 0) is 20.2 Å². The van der Waals surface area contributed by atoms with Crippen LogP contribution in [0.25, 0.3) is 21.5 Å². The normalized spacial score (nSPS) is 11.9. The number of halogens is 2. The van der Waals surface area contributed by atoms with Gasteiger partial charge in [0.25, 0.3) is 26.1 Å². The molecule has 368 valence electrons. The molecule has 0 unspecified atom stereocenters. The molecule has 0 saturated carbocycles. The fraction of sp³-hybridized carbons (Fsp3) is 0.0800. The Labute approximate surface area is 468 Å². The van der Waals surface area contributed by atoms with Gasteiger partial charge in [0.1, 0.15) is 27.0 Å². The molecule has 0 aliphatic heterocycles. The van der Waals surface area contributed by atoms with Crippen molar-refractivity contribution in [3.8, 4) is 23.0 Å². The second-order valence-corrected chi connectivity index (χ2v) is 19.1. The zero-order valence-corrected chi connectivity index (χ0v) is 46.3. The van der Waals surface area contributed by atoms with Gasteiger partial charge < -0.3 is 30.1 Å². The summed E-state index contributed by atoms with van der Waals surface area (Å²) in [6.45, 7) is 2.85. The number of fused-ring (bicyclic) bond motifs is 2. The Morgan fingerprint density at radius 1 is 0.616 bits per heavy atom. The molecule has 0 saturated heterocycles. The van der Waals surface area contributed by atoms with E-state index in [1.54, 1.807) is 97.1 Å². The third-order valence-corrected chi connectivity index (χ3v) is 13.1. The quantitative estimate of drug-likeness (QED) is 0.0292. The number of azo groups is 2. The molecule has 73 heavy (non-hydrogen) atoms. The van der Waals surface area contributed by atoms with Crippen LogP contribution < -0.4 is 25.0 Å². The van der Waals surface area contributed by atoms with Gasteiger partial charge in [0.2, 0.25) is 0 Å². The summed E-state index contributed by atoms with van der Waals surface area (Å²) in [5.41, 5.74) is 0.649. The number of aliphatic imine (C=N–C) groups is 1. The Kier molecular flexibility index (Phi) is 18.1. The number of anilines is 1. The first-order valence-corrected chi connectivity index (χ1v) is 24.5. The van der Waals surface area contributed by atoms with Gasteiger partial charge in [-0.1, -0.05) is 89.6 Å². The van der Waals surface area contributed by atoms with E-state index in [9.17, 15) is 46.1 Å². The number of methoxy groups -OCH3 is 2. The minimum Gasteiger partial charge on any atom is -0.871 e. The van der Waals surface area contributed by atoms with Gasteiger partial charge in [-0.05, 0) is 108 Å². The summed E-state index contributed by atoms with van der Waals surface area (Å²) < 4.78 is 76.1. The minimum atomic E-state index is -4.57. The van der Waals surface area contributed by atoms with Crippen LogP contribution in [0.4, 0.5) is 34.1 Å². The van der Waals surface area contributed by atoms with Crippen molar-refractivity contribution in [3.05, 3.63) is 166 Å². The number of nitrogens with zero attached hydrogens (tertiary/aromatic N) is 5. The number of benzene rings is 8. The Morgan fingerprint density at radius 2 is 1.10 bits per heavy atom. The molecule has 23 heteroatoms. The van der Waals surface area contributed by atoms with Crippen LogP contribution >= 0.6 is 23.2 Å². The SMILES string of the molecule is COc1cccc(N=C([O-])c2cc3ccccc3c(N=Nc3cc(Cl)cc(S(=O)(=O)O)c3C)c2[O-])c1.COc1cccc(NC(=O)c2cc3ccccc3c(N=Nc3cc(Cl)cc(S(=O)(=O)O)c3C)c2O)c1.[Ba+2]. The van der Waals surface area contributed by atoms with Crippen LogP contribution in [0.1, 0.15) is 27.0 Å². The molecule has 18 nitrogen and oxygen atoms in total. The van der Waals surface area contributed by atoms with E-state index in [0.717, 1.165) is 12.1 Å². The average Bonchev–Trinajstić information content (AvgIpc) is 3.34. The molecule has 0 radical (unpaired) electrons. The summed E-state index contributed by atoms with van der Waals surface area (Å²) in [4.78, 5) is 16.2. The number of carbonyl (C=O) groups is 1. The van der Waals surface area contributed by atoms with Crippen molar-refractivity contribution in [2.75, 3.05) is 19.5 Å². The van der Waals surface area contributed by atoms with Gasteiger partial charge in [-0.2, -0.15) is 32.2 Å². The van der Waals surface area contributed by atoms with Crippen molar-refractivity contribution in [3.63, 3.8) is 0 Å². The monoisotopic (exact) mass is 1190 g/mol. The van der Waals surface area contributed by atoms with E-state index >= 15 is 0 Å². The number of carbonyl (C=O) groups excluding carboxylic acids is 1. The number of phenols is 1. The number of amides is 1. The van der Waals surface area contributed by atoms with Crippen LogP contribution in [-0.4, -0.2) is 106 Å². The van der Waals surface area contributed by atoms with E-state index in [1.807, 2.05) is 0 Å². The smallest absolute Gasteiger partial charge is 0.871 e. The van der Waals surface area contributed by atoms with E-state index < -0.39 is 53.3 Å². The van der Waals surface area contributed by atoms with E-state index in [2.05, 4.69) is 30.8 Å². The van der Waals surface area contributed by atoms with Crippen molar-refractivity contribution in [2.45, 2.75) is 23.6 Å². The average molecular weight is 1190 g/mol. The van der Waals surface area contributed by atoms with E-state index in [0.29, 0.717) is 44.4 Å². The zero-order valence-electron chi connectivity index (χ0n) is 38.7. The van der Waals surface area contributed by atoms with Crippen molar-refractivity contribution in [1.29, 1.82) is 0 Å². The van der Waals surface area contributed by atoms with Gasteiger partial charge in [-0.15, -0.1) is 5.11 Å². The second-order valence-electron chi connectivity index (χ2n) is 15.4. The molecule has 0 aliphatic carbocycles. The fourth-order valence-corrected chi connectivity index (χ4v) is 9.24. The predicted molar refractivity (Wildman–Crippen MR) is 275 cm³/mol. The Bertz CT molecular complexity index is 3790. The van der Waals surface area contributed by atoms with E-state index in [1.165, 1.54) is 52.3 Å². The maximum Gasteiger partial charge on any atom is 2.00 e. The molecule has 0 bridgehead atoms. The molecule has 8 aromatic rings. The maximum atomic E-state index is 13.3. The number of ether oxygens (including phenoxy) is 2. The van der Waals surface area contributed by atoms with Crippen LogP contribution in [0, 0.1) is 13.8 Å². The first-order chi connectivity index (χ1) is 34.2. The molecule has 0 heterocycles. The van der Waals surface area contributed by atoms with E-state index in [4.69, 9.17) is 32.7 Å².